The molecular formula is C53H61ClF4N8O5. The highest BCUT2D eigenvalue weighted by atomic mass is 35.5. The molecule has 18 heteroatoms. The molecule has 5 atom stereocenters. The lowest BCUT2D eigenvalue weighted by atomic mass is 9.56. The van der Waals surface area contributed by atoms with Crippen molar-refractivity contribution in [2.75, 3.05) is 42.9 Å². The van der Waals surface area contributed by atoms with Crippen LogP contribution < -0.4 is 26.2 Å². The first-order chi connectivity index (χ1) is 33.6. The number of hydrogen-bond acceptors (Lipinski definition) is 9. The van der Waals surface area contributed by atoms with Crippen LogP contribution in [0.1, 0.15) is 136 Å². The van der Waals surface area contributed by atoms with Gasteiger partial charge in [0, 0.05) is 103 Å². The lowest BCUT2D eigenvalue weighted by molar-refractivity contribution is -0.150. The number of likely N-dealkylation sites (tertiary alicyclic amines) is 1. The summed E-state index contributed by atoms with van der Waals surface area (Å²) in [5.41, 5.74) is -0.00419. The van der Waals surface area contributed by atoms with Crippen molar-refractivity contribution in [2.45, 2.75) is 146 Å². The highest BCUT2D eigenvalue weighted by Crippen LogP contribution is 2.58. The van der Waals surface area contributed by atoms with Crippen molar-refractivity contribution in [3.8, 4) is 0 Å². The molecule has 3 saturated carbocycles. The number of nitrogens with one attached hydrogen (secondary N) is 4. The second kappa shape index (κ2) is 16.9. The summed E-state index contributed by atoms with van der Waals surface area (Å²) < 4.78 is 58.3. The van der Waals surface area contributed by atoms with Crippen molar-refractivity contribution in [1.29, 1.82) is 0 Å². The smallest absolute Gasteiger partial charge is 0.384 e. The number of piperidine rings is 2. The zero-order valence-corrected chi connectivity index (χ0v) is 41.1. The highest BCUT2D eigenvalue weighted by molar-refractivity contribution is 6.30. The fourth-order valence-electron chi connectivity index (χ4n) is 14.2. The predicted molar refractivity (Wildman–Crippen MR) is 257 cm³/mol. The average molecular weight is 1000 g/mol. The first-order valence-electron chi connectivity index (χ1n) is 25.3. The molecule has 4 N–H and O–H groups in total. The van der Waals surface area contributed by atoms with Gasteiger partial charge in [-0.3, -0.25) is 34.3 Å². The molecule has 4 saturated heterocycles. The van der Waals surface area contributed by atoms with Crippen LogP contribution in [-0.2, 0) is 37.3 Å². The third-order valence-corrected chi connectivity index (χ3v) is 18.4. The second-order valence-electron chi connectivity index (χ2n) is 23.3. The highest BCUT2D eigenvalue weighted by Gasteiger charge is 2.63. The Labute approximate surface area is 415 Å². The average Bonchev–Trinajstić information content (AvgIpc) is 4.09. The number of rotatable bonds is 7. The molecule has 6 aliphatic heterocycles. The summed E-state index contributed by atoms with van der Waals surface area (Å²) in [6, 6.07) is 9.50. The summed E-state index contributed by atoms with van der Waals surface area (Å²) in [4.78, 5) is 77.3. The number of carbonyl (C=O) groups excluding carboxylic acids is 5. The summed E-state index contributed by atoms with van der Waals surface area (Å²) in [6.45, 7) is 9.70. The van der Waals surface area contributed by atoms with Gasteiger partial charge in [0.2, 0.25) is 23.6 Å². The molecular weight excluding hydrogens is 940 g/mol. The molecule has 2 spiro atoms. The topological polar surface area (TPSA) is 156 Å². The Balaban J connectivity index is 0.758. The van der Waals surface area contributed by atoms with Gasteiger partial charge in [0.25, 0.3) is 5.91 Å². The molecule has 9 aliphatic rings. The normalized spacial score (nSPS) is 31.0. The van der Waals surface area contributed by atoms with Gasteiger partial charge in [-0.15, -0.1) is 0 Å². The Morgan fingerprint density at radius 3 is 2.34 bits per heavy atom. The number of hydrogen-bond donors (Lipinski definition) is 4. The first-order valence-corrected chi connectivity index (χ1v) is 25.7. The Morgan fingerprint density at radius 2 is 1.65 bits per heavy atom. The Hall–Kier alpha value is -5.29. The number of benzene rings is 2. The van der Waals surface area contributed by atoms with E-state index in [1.165, 1.54) is 12.3 Å². The molecule has 1 unspecified atom stereocenters. The molecule has 7 heterocycles. The molecule has 378 valence electrons. The Kier molecular flexibility index (Phi) is 11.4. The molecule has 12 rings (SSSR count). The zero-order valence-electron chi connectivity index (χ0n) is 40.4. The minimum atomic E-state index is -4.67. The Bertz CT molecular complexity index is 2710. The van der Waals surface area contributed by atoms with Gasteiger partial charge in [-0.2, -0.15) is 13.2 Å². The van der Waals surface area contributed by atoms with E-state index in [0.717, 1.165) is 49.7 Å². The van der Waals surface area contributed by atoms with Gasteiger partial charge >= 0.3 is 6.18 Å². The van der Waals surface area contributed by atoms with Crippen LogP contribution in [0.5, 0.6) is 0 Å². The van der Waals surface area contributed by atoms with Crippen LogP contribution in [0.15, 0.2) is 48.7 Å². The summed E-state index contributed by atoms with van der Waals surface area (Å²) in [5, 5.41) is 12.5. The van der Waals surface area contributed by atoms with E-state index in [9.17, 15) is 32.3 Å². The van der Waals surface area contributed by atoms with E-state index in [0.29, 0.717) is 82.1 Å². The van der Waals surface area contributed by atoms with Crippen LogP contribution in [0.3, 0.4) is 0 Å². The van der Waals surface area contributed by atoms with E-state index in [-0.39, 0.29) is 63.7 Å². The van der Waals surface area contributed by atoms with Gasteiger partial charge < -0.3 is 30.7 Å². The molecule has 5 amide bonds. The number of anilines is 2. The summed E-state index contributed by atoms with van der Waals surface area (Å²) >= 11 is 6.43. The minimum Gasteiger partial charge on any atom is -0.384 e. The van der Waals surface area contributed by atoms with Crippen molar-refractivity contribution in [3.63, 3.8) is 0 Å². The first kappa shape index (κ1) is 48.0. The number of alkyl halides is 3. The van der Waals surface area contributed by atoms with Crippen LogP contribution in [0.25, 0.3) is 0 Å². The summed E-state index contributed by atoms with van der Waals surface area (Å²) in [6.07, 6.45) is 4.16. The van der Waals surface area contributed by atoms with Gasteiger partial charge in [0.15, 0.2) is 0 Å². The van der Waals surface area contributed by atoms with Crippen LogP contribution in [0, 0.1) is 22.1 Å². The van der Waals surface area contributed by atoms with Crippen LogP contribution in [-0.4, -0.2) is 101 Å². The number of carbonyl (C=O) groups is 5. The van der Waals surface area contributed by atoms with Gasteiger partial charge in [-0.05, 0) is 123 Å². The molecule has 1 aromatic heterocycles. The zero-order chi connectivity index (χ0) is 50.0. The maximum Gasteiger partial charge on any atom is 0.433 e. The van der Waals surface area contributed by atoms with E-state index in [1.54, 1.807) is 17.0 Å². The van der Waals surface area contributed by atoms with E-state index in [4.69, 9.17) is 11.6 Å². The fraction of sp³-hybridized carbons (Fsp3) is 0.585. The predicted octanol–water partition coefficient (Wildman–Crippen LogP) is 7.61. The SMILES string of the molecule is CC(C)(C)C[C@@H]1N[C@@H](C(=O)NC23CCC(C(=O)N4CCC5(CCN(c6ccc7c(c6)CN(C6CCC(=O)NC6=O)C7=O)CC5)C4)(CC2)CC3)[C@H](c2cccc(Cl)c2F)[C@]12CNc1cc(C(F)(F)F)ncc12. The number of imide groups is 1. The largest absolute Gasteiger partial charge is 0.433 e. The van der Waals surface area contributed by atoms with Gasteiger partial charge in [-0.1, -0.05) is 44.5 Å². The van der Waals surface area contributed by atoms with Gasteiger partial charge in [0.05, 0.1) is 11.1 Å². The number of aromatic nitrogens is 1. The lowest BCUT2D eigenvalue weighted by Gasteiger charge is -2.54. The Morgan fingerprint density at radius 1 is 0.930 bits per heavy atom. The monoisotopic (exact) mass is 1000 g/mol. The summed E-state index contributed by atoms with van der Waals surface area (Å²) in [5.74, 6) is -2.57. The maximum atomic E-state index is 16.4. The standard InChI is InChI=1S/C53H61ClF4N8O5/c1-48(2,3)25-39-52(28-60-36-24-38(53(56,57)58)59-26-34(36)52)41(33-5-4-6-35(54)42(33)55)43(61-39)45(69)63-51-14-11-50(12-15-51,13-16-51)47(71)65-22-19-49(29-65)17-20-64(21-18-49)31-7-8-32-30(23-31)27-66(46(32)70)37-9-10-40(67)62-44(37)68/h4-8,23-24,26,37,39,41,43,60-61H,9-22,25,27-29H2,1-3H3,(H,63,69)(H,62,67,68)/t37?,39-,41-,43+,50?,51?,52-/m0/s1. The molecule has 3 aromatic rings. The number of fused-ring (bicyclic) bond motifs is 6. The quantitative estimate of drug-likeness (QED) is 0.138. The van der Waals surface area contributed by atoms with Crippen LogP contribution in [0.4, 0.5) is 28.9 Å². The van der Waals surface area contributed by atoms with E-state index < -0.39 is 64.0 Å². The molecule has 71 heavy (non-hydrogen) atoms. The maximum absolute atomic E-state index is 16.4. The fourth-order valence-corrected chi connectivity index (χ4v) is 14.4. The van der Waals surface area contributed by atoms with Crippen LogP contribution in [0.2, 0.25) is 5.02 Å². The molecule has 2 bridgehead atoms. The van der Waals surface area contributed by atoms with E-state index in [2.05, 4.69) is 62.9 Å². The number of halogens is 5. The third kappa shape index (κ3) is 8.06. The summed E-state index contributed by atoms with van der Waals surface area (Å²) in [7, 11) is 0. The van der Waals surface area contributed by atoms with E-state index in [1.807, 2.05) is 12.1 Å². The molecule has 3 aliphatic carbocycles. The number of amides is 5. The lowest BCUT2D eigenvalue weighted by Crippen LogP contribution is -2.62. The van der Waals surface area contributed by atoms with Crippen LogP contribution >= 0.6 is 11.6 Å². The minimum absolute atomic E-state index is 0.0145. The van der Waals surface area contributed by atoms with Crippen molar-refractivity contribution in [3.05, 3.63) is 87.4 Å². The van der Waals surface area contributed by atoms with E-state index >= 15 is 9.18 Å². The van der Waals surface area contributed by atoms with Crippen molar-refractivity contribution >= 4 is 52.5 Å². The number of nitrogens with zero attached hydrogens (tertiary/aromatic N) is 4. The third-order valence-electron chi connectivity index (χ3n) is 18.1. The second-order valence-corrected chi connectivity index (χ2v) is 23.8. The molecule has 0 radical (unpaired) electrons. The van der Waals surface area contributed by atoms with Crippen molar-refractivity contribution in [1.82, 2.24) is 30.7 Å². The number of pyridine rings is 1. The molecule has 13 nitrogen and oxygen atoms in total. The molecule has 2 aromatic carbocycles. The van der Waals surface area contributed by atoms with Gasteiger partial charge in [-0.25, -0.2) is 4.39 Å². The van der Waals surface area contributed by atoms with Gasteiger partial charge in [0.1, 0.15) is 17.6 Å². The van der Waals surface area contributed by atoms with Crippen molar-refractivity contribution < 1.29 is 41.5 Å². The van der Waals surface area contributed by atoms with Crippen molar-refractivity contribution in [2.24, 2.45) is 16.2 Å². The molecule has 7 fully saturated rings.